The Kier molecular flexibility index (Phi) is 5.85. The molecule has 0 aliphatic carbocycles. The predicted molar refractivity (Wildman–Crippen MR) is 99.0 cm³/mol. The number of allylic oxidation sites excluding steroid dienone is 1. The highest BCUT2D eigenvalue weighted by Gasteiger charge is 2.29. The van der Waals surface area contributed by atoms with Crippen LogP contribution in [0.15, 0.2) is 30.8 Å². The first kappa shape index (κ1) is 19.0. The molecule has 1 heterocycles. The maximum Gasteiger partial charge on any atom is 0.318 e. The number of nitrogens with two attached hydrogens (primary N) is 1. The lowest BCUT2D eigenvalue weighted by atomic mass is 9.92. The van der Waals surface area contributed by atoms with Gasteiger partial charge in [0.05, 0.1) is 31.7 Å². The van der Waals surface area contributed by atoms with Gasteiger partial charge in [-0.25, -0.2) is 4.79 Å². The molecule has 1 aliphatic heterocycles. The monoisotopic (exact) mass is 345 g/mol. The van der Waals surface area contributed by atoms with Gasteiger partial charge in [-0.3, -0.25) is 4.79 Å². The van der Waals surface area contributed by atoms with Crippen LogP contribution in [0.1, 0.15) is 31.9 Å². The molecule has 0 unspecified atom stereocenters. The van der Waals surface area contributed by atoms with E-state index < -0.39 is 5.54 Å². The highest BCUT2D eigenvalue weighted by atomic mass is 16.2. The van der Waals surface area contributed by atoms with Gasteiger partial charge in [0.15, 0.2) is 6.54 Å². The van der Waals surface area contributed by atoms with E-state index in [0.717, 1.165) is 34.7 Å². The molecule has 136 valence electrons. The number of hydrogen-bond donors (Lipinski definition) is 3. The van der Waals surface area contributed by atoms with Gasteiger partial charge in [-0.15, -0.1) is 0 Å². The molecule has 6 nitrogen and oxygen atoms in total. The van der Waals surface area contributed by atoms with Crippen molar-refractivity contribution in [3.8, 4) is 0 Å². The zero-order chi connectivity index (χ0) is 18.6. The summed E-state index contributed by atoms with van der Waals surface area (Å²) in [5.74, 6) is -0.300. The summed E-state index contributed by atoms with van der Waals surface area (Å²) < 4.78 is 0. The Morgan fingerprint density at radius 3 is 2.52 bits per heavy atom. The van der Waals surface area contributed by atoms with Gasteiger partial charge in [-0.2, -0.15) is 0 Å². The van der Waals surface area contributed by atoms with Crippen molar-refractivity contribution in [2.75, 3.05) is 32.7 Å². The van der Waals surface area contributed by atoms with Crippen molar-refractivity contribution in [3.05, 3.63) is 42.0 Å². The molecule has 0 aromatic heterocycles. The number of rotatable bonds is 5. The Balaban J connectivity index is 1.98. The van der Waals surface area contributed by atoms with Crippen LogP contribution in [-0.4, -0.2) is 49.6 Å². The van der Waals surface area contributed by atoms with E-state index in [9.17, 15) is 9.59 Å². The molecule has 1 fully saturated rings. The number of primary amides is 1. The van der Waals surface area contributed by atoms with Crippen molar-refractivity contribution >= 4 is 17.5 Å². The molecule has 4 N–H and O–H groups in total. The minimum Gasteiger partial charge on any atom is -0.365 e. The predicted octanol–water partition coefficient (Wildman–Crippen LogP) is 0.350. The fourth-order valence-electron chi connectivity index (χ4n) is 3.04. The average Bonchev–Trinajstić information content (AvgIpc) is 2.54. The molecule has 0 radical (unpaired) electrons. The highest BCUT2D eigenvalue weighted by molar-refractivity contribution is 5.76. The fraction of sp³-hybridized carbons (Fsp3) is 0.474. The molecule has 1 saturated heterocycles. The first-order valence-corrected chi connectivity index (χ1v) is 8.64. The summed E-state index contributed by atoms with van der Waals surface area (Å²) in [5, 5.41) is 3.12. The molecule has 2 rings (SSSR count). The second-order valence-corrected chi connectivity index (χ2v) is 7.30. The molecule has 3 amide bonds. The summed E-state index contributed by atoms with van der Waals surface area (Å²) in [7, 11) is 0. The second kappa shape index (κ2) is 7.70. The van der Waals surface area contributed by atoms with Crippen LogP contribution in [0.5, 0.6) is 0 Å². The third kappa shape index (κ3) is 5.06. The molecule has 6 heteroatoms. The summed E-state index contributed by atoms with van der Waals surface area (Å²) in [5.41, 5.74) is 7.87. The molecule has 0 spiro atoms. The number of piperazine rings is 1. The molecule has 0 atom stereocenters. The number of hydrogen-bond acceptors (Lipinski definition) is 2. The maximum atomic E-state index is 12.6. The van der Waals surface area contributed by atoms with Gasteiger partial charge < -0.3 is 20.9 Å². The summed E-state index contributed by atoms with van der Waals surface area (Å²) in [6, 6.07) is 8.01. The van der Waals surface area contributed by atoms with E-state index in [2.05, 4.69) is 18.0 Å². The lowest BCUT2D eigenvalue weighted by molar-refractivity contribution is -0.895. The minimum absolute atomic E-state index is 0.0798. The Hall–Kier alpha value is -2.34. The van der Waals surface area contributed by atoms with Gasteiger partial charge in [0.25, 0.3) is 5.91 Å². The van der Waals surface area contributed by atoms with Crippen molar-refractivity contribution in [1.29, 1.82) is 0 Å². The third-order valence-electron chi connectivity index (χ3n) is 4.68. The van der Waals surface area contributed by atoms with Crippen LogP contribution >= 0.6 is 0 Å². The van der Waals surface area contributed by atoms with Crippen molar-refractivity contribution in [1.82, 2.24) is 10.2 Å². The SMILES string of the molecule is C=C(C)c1cccc(C(C)(C)NC(=O)N2CC[NH+](CC(N)=O)CC2)c1. The zero-order valence-electron chi connectivity index (χ0n) is 15.4. The lowest BCUT2D eigenvalue weighted by Crippen LogP contribution is -3.15. The van der Waals surface area contributed by atoms with E-state index in [1.54, 1.807) is 4.90 Å². The molecular weight excluding hydrogens is 316 g/mol. The van der Waals surface area contributed by atoms with Gasteiger partial charge in [-0.05, 0) is 38.0 Å². The van der Waals surface area contributed by atoms with Crippen LogP contribution in [0.3, 0.4) is 0 Å². The van der Waals surface area contributed by atoms with E-state index in [4.69, 9.17) is 5.73 Å². The van der Waals surface area contributed by atoms with Crippen molar-refractivity contribution in [2.24, 2.45) is 5.73 Å². The Morgan fingerprint density at radius 1 is 1.32 bits per heavy atom. The molecule has 0 bridgehead atoms. The summed E-state index contributed by atoms with van der Waals surface area (Å²) in [6.07, 6.45) is 0. The van der Waals surface area contributed by atoms with Gasteiger partial charge >= 0.3 is 6.03 Å². The topological polar surface area (TPSA) is 79.9 Å². The Morgan fingerprint density at radius 2 is 1.96 bits per heavy atom. The van der Waals surface area contributed by atoms with Gasteiger partial charge in [-0.1, -0.05) is 30.4 Å². The van der Waals surface area contributed by atoms with Crippen molar-refractivity contribution in [2.45, 2.75) is 26.3 Å². The second-order valence-electron chi connectivity index (χ2n) is 7.30. The number of urea groups is 1. The average molecular weight is 345 g/mol. The molecular formula is C19H29N4O2+. The third-order valence-corrected chi connectivity index (χ3v) is 4.68. The number of nitrogens with one attached hydrogen (secondary N) is 2. The van der Waals surface area contributed by atoms with Gasteiger partial charge in [0.1, 0.15) is 0 Å². The molecule has 1 aromatic carbocycles. The summed E-state index contributed by atoms with van der Waals surface area (Å²) in [4.78, 5) is 26.6. The van der Waals surface area contributed by atoms with E-state index in [1.165, 1.54) is 0 Å². The number of amides is 3. The fourth-order valence-corrected chi connectivity index (χ4v) is 3.04. The number of nitrogens with zero attached hydrogens (tertiary/aromatic N) is 1. The number of carbonyl (C=O) groups is 2. The smallest absolute Gasteiger partial charge is 0.318 e. The minimum atomic E-state index is -0.486. The number of benzene rings is 1. The van der Waals surface area contributed by atoms with Crippen LogP contribution < -0.4 is 16.0 Å². The molecule has 25 heavy (non-hydrogen) atoms. The number of carbonyl (C=O) groups excluding carboxylic acids is 2. The standard InChI is InChI=1S/C19H28N4O2/c1-14(2)15-6-5-7-16(12-15)19(3,4)21-18(25)23-10-8-22(9-11-23)13-17(20)24/h5-7,12H,1,8-11,13H2,2-4H3,(H2,20,24)(H,21,25)/p+1. The first-order valence-electron chi connectivity index (χ1n) is 8.64. The zero-order valence-corrected chi connectivity index (χ0v) is 15.4. The van der Waals surface area contributed by atoms with Crippen LogP contribution in [0, 0.1) is 0 Å². The van der Waals surface area contributed by atoms with Crippen LogP contribution in [0.2, 0.25) is 0 Å². The van der Waals surface area contributed by atoms with E-state index in [-0.39, 0.29) is 11.9 Å². The molecule has 1 aliphatic rings. The molecule has 1 aromatic rings. The highest BCUT2D eigenvalue weighted by Crippen LogP contribution is 2.23. The van der Waals surface area contributed by atoms with Gasteiger partial charge in [0, 0.05) is 0 Å². The Bertz CT molecular complexity index is 661. The summed E-state index contributed by atoms with van der Waals surface area (Å²) in [6.45, 7) is 13.0. The van der Waals surface area contributed by atoms with Crippen LogP contribution in [0.4, 0.5) is 4.79 Å². The first-order chi connectivity index (χ1) is 11.7. The van der Waals surface area contributed by atoms with E-state index >= 15 is 0 Å². The Labute approximate surface area is 149 Å². The van der Waals surface area contributed by atoms with E-state index in [0.29, 0.717) is 19.6 Å². The van der Waals surface area contributed by atoms with Crippen molar-refractivity contribution in [3.63, 3.8) is 0 Å². The van der Waals surface area contributed by atoms with Crippen molar-refractivity contribution < 1.29 is 14.5 Å². The number of quaternary nitrogens is 1. The normalized spacial score (nSPS) is 15.7. The van der Waals surface area contributed by atoms with E-state index in [1.807, 2.05) is 39.0 Å². The summed E-state index contributed by atoms with van der Waals surface area (Å²) >= 11 is 0. The maximum absolute atomic E-state index is 12.6. The molecule has 0 saturated carbocycles. The van der Waals surface area contributed by atoms with Crippen LogP contribution in [-0.2, 0) is 10.3 Å². The van der Waals surface area contributed by atoms with Crippen LogP contribution in [0.25, 0.3) is 5.57 Å². The largest absolute Gasteiger partial charge is 0.365 e. The lowest BCUT2D eigenvalue weighted by Gasteiger charge is -2.35. The van der Waals surface area contributed by atoms with Gasteiger partial charge in [0.2, 0.25) is 0 Å². The quantitative estimate of drug-likeness (QED) is 0.720.